The van der Waals surface area contributed by atoms with Crippen LogP contribution in [0.25, 0.3) is 0 Å². The molecule has 0 spiro atoms. The molecule has 2 aromatic carbocycles. The monoisotopic (exact) mass is 610 g/mol. The first-order chi connectivity index (χ1) is 16.2. The molecule has 0 heterocycles. The van der Waals surface area contributed by atoms with Gasteiger partial charge in [-0.2, -0.15) is 42.3 Å². The molecule has 0 saturated heterocycles. The molecule has 0 aliphatic heterocycles. The molecular weight excluding hydrogens is 583 g/mol. The van der Waals surface area contributed by atoms with E-state index in [1.165, 1.54) is 52.5 Å². The normalized spacial score (nSPS) is 12.9. The quantitative estimate of drug-likeness (QED) is 0.156. The number of benzene rings is 2. The first-order valence-electron chi connectivity index (χ1n) is 9.85. The molecule has 0 atom stereocenters. The maximum absolute atomic E-state index is 12.0. The minimum absolute atomic E-state index is 0. The molecule has 19 heteroatoms. The Morgan fingerprint density at radius 3 is 1.19 bits per heavy atom. The van der Waals surface area contributed by atoms with Crippen LogP contribution in [-0.2, 0) is 53.5 Å². The van der Waals surface area contributed by atoms with Crippen molar-refractivity contribution in [2.24, 2.45) is 0 Å². The summed E-state index contributed by atoms with van der Waals surface area (Å²) in [5.74, 6) is 0. The van der Waals surface area contributed by atoms with Gasteiger partial charge in [0.25, 0.3) is 20.2 Å². The van der Waals surface area contributed by atoms with Crippen molar-refractivity contribution in [1.29, 1.82) is 0 Å². The zero-order valence-electron chi connectivity index (χ0n) is 21.6. The number of hydrogen-bond acceptors (Lipinski definition) is 8. The average Bonchev–Trinajstić information content (AvgIpc) is 2.71. The van der Waals surface area contributed by atoms with Crippen LogP contribution in [0.3, 0.4) is 0 Å². The SMILES string of the molecule is CN(C)S(=O)(=O)Nc1ccc(CCc2ccc(NS(=O)(=O)N(C)C)cc2S(=O)(=O)O)c(S(=O)(=O)O)c1.[H-].[Na+]. The summed E-state index contributed by atoms with van der Waals surface area (Å²) < 4.78 is 121. The molecule has 2 rings (SSSR count). The summed E-state index contributed by atoms with van der Waals surface area (Å²) in [5.41, 5.74) is -0.222. The van der Waals surface area contributed by atoms with E-state index in [-0.39, 0.29) is 66.3 Å². The fourth-order valence-corrected chi connectivity index (χ4v) is 5.65. The number of nitrogens with zero attached hydrogens (tertiary/aromatic N) is 2. The Balaban J connectivity index is 0.00000684. The molecule has 0 amide bonds. The Morgan fingerprint density at radius 2 is 0.946 bits per heavy atom. The molecule has 0 aromatic heterocycles. The van der Waals surface area contributed by atoms with Gasteiger partial charge in [-0.3, -0.25) is 18.5 Å². The molecule has 0 saturated carbocycles. The van der Waals surface area contributed by atoms with Crippen LogP contribution in [-0.4, -0.2) is 79.6 Å². The van der Waals surface area contributed by atoms with Crippen molar-refractivity contribution in [2.45, 2.75) is 22.6 Å². The molecule has 0 bridgehead atoms. The largest absolute Gasteiger partial charge is 1.00 e. The van der Waals surface area contributed by atoms with Crippen LogP contribution in [0.4, 0.5) is 11.4 Å². The van der Waals surface area contributed by atoms with Crippen LogP contribution in [0.5, 0.6) is 0 Å². The van der Waals surface area contributed by atoms with E-state index in [2.05, 4.69) is 9.44 Å². The fourth-order valence-electron chi connectivity index (χ4n) is 2.88. The standard InChI is InChI=1S/C18H26N4O10S4.Na.H/c1-21(2)35(29,30)19-15-9-7-13(17(11-15)33(23,24)25)5-6-14-8-10-16(12-18(14)34(26,27)28)20-36(31,32)22(3)4;;/h7-12,19-20H,5-6H2,1-4H3,(H,23,24,25)(H,26,27,28);;/q;+1;-1. The molecule has 0 fully saturated rings. The third-order valence-electron chi connectivity index (χ3n) is 4.81. The molecular formula is C18H27N4NaO10S4. The van der Waals surface area contributed by atoms with E-state index >= 15 is 0 Å². The molecule has 4 N–H and O–H groups in total. The third-order valence-corrected chi connectivity index (χ3v) is 9.59. The summed E-state index contributed by atoms with van der Waals surface area (Å²) in [6.07, 6.45) is -0.303. The van der Waals surface area contributed by atoms with Crippen molar-refractivity contribution in [3.63, 3.8) is 0 Å². The maximum Gasteiger partial charge on any atom is 1.00 e. The molecule has 0 unspecified atom stereocenters. The van der Waals surface area contributed by atoms with Crippen molar-refractivity contribution in [3.05, 3.63) is 47.5 Å². The minimum atomic E-state index is -4.81. The zero-order chi connectivity index (χ0) is 27.7. The van der Waals surface area contributed by atoms with Crippen molar-refractivity contribution in [2.75, 3.05) is 37.6 Å². The Morgan fingerprint density at radius 1 is 0.649 bits per heavy atom. The number of hydrogen-bond donors (Lipinski definition) is 4. The van der Waals surface area contributed by atoms with Crippen LogP contribution in [0, 0.1) is 0 Å². The fraction of sp³-hybridized carbons (Fsp3) is 0.333. The Bertz CT molecular complexity index is 1460. The molecule has 14 nitrogen and oxygen atoms in total. The first kappa shape index (κ1) is 33.7. The van der Waals surface area contributed by atoms with E-state index in [1.54, 1.807) is 0 Å². The van der Waals surface area contributed by atoms with E-state index in [4.69, 9.17) is 0 Å². The minimum Gasteiger partial charge on any atom is -1.00 e. The van der Waals surface area contributed by atoms with Gasteiger partial charge in [-0.1, -0.05) is 12.1 Å². The van der Waals surface area contributed by atoms with Crippen molar-refractivity contribution in [3.8, 4) is 0 Å². The second-order valence-corrected chi connectivity index (χ2v) is 14.4. The molecule has 2 aromatic rings. The van der Waals surface area contributed by atoms with Gasteiger partial charge in [0, 0.05) is 28.2 Å². The van der Waals surface area contributed by atoms with Gasteiger partial charge in [0.2, 0.25) is 0 Å². The van der Waals surface area contributed by atoms with Crippen molar-refractivity contribution >= 4 is 52.0 Å². The maximum atomic E-state index is 12.0. The smallest absolute Gasteiger partial charge is 1.00 e. The van der Waals surface area contributed by atoms with Crippen molar-refractivity contribution < 1.29 is 73.8 Å². The molecule has 37 heavy (non-hydrogen) atoms. The Kier molecular flexibility index (Phi) is 11.2. The van der Waals surface area contributed by atoms with Crippen LogP contribution in [0.2, 0.25) is 0 Å². The summed E-state index contributed by atoms with van der Waals surface area (Å²) in [7, 11) is -12.5. The second kappa shape index (κ2) is 12.2. The molecule has 0 aliphatic carbocycles. The van der Waals surface area contributed by atoms with Gasteiger partial charge >= 0.3 is 50.0 Å². The number of aryl methyl sites for hydroxylation is 2. The summed E-state index contributed by atoms with van der Waals surface area (Å²) in [6, 6.07) is 6.82. The molecule has 204 valence electrons. The van der Waals surface area contributed by atoms with Gasteiger partial charge in [-0.15, -0.1) is 0 Å². The van der Waals surface area contributed by atoms with E-state index < -0.39 is 50.4 Å². The molecule has 0 aliphatic rings. The van der Waals surface area contributed by atoms with E-state index in [1.807, 2.05) is 0 Å². The summed E-state index contributed by atoms with van der Waals surface area (Å²) in [6.45, 7) is 0. The van der Waals surface area contributed by atoms with Gasteiger partial charge in [-0.25, -0.2) is 0 Å². The molecule has 0 radical (unpaired) electrons. The Labute approximate surface area is 240 Å². The van der Waals surface area contributed by atoms with E-state index in [0.29, 0.717) is 0 Å². The zero-order valence-corrected chi connectivity index (χ0v) is 25.8. The second-order valence-electron chi connectivity index (χ2n) is 7.87. The van der Waals surface area contributed by atoms with Crippen LogP contribution < -0.4 is 39.0 Å². The van der Waals surface area contributed by atoms with Crippen molar-refractivity contribution in [1.82, 2.24) is 8.61 Å². The average molecular weight is 611 g/mol. The van der Waals surface area contributed by atoms with Gasteiger partial charge in [0.1, 0.15) is 0 Å². The third kappa shape index (κ3) is 9.13. The number of rotatable bonds is 11. The van der Waals surface area contributed by atoms with Crippen LogP contribution in [0.15, 0.2) is 46.2 Å². The summed E-state index contributed by atoms with van der Waals surface area (Å²) >= 11 is 0. The first-order valence-corrected chi connectivity index (χ1v) is 15.6. The van der Waals surface area contributed by atoms with Gasteiger partial charge < -0.3 is 1.43 Å². The summed E-state index contributed by atoms with van der Waals surface area (Å²) in [4.78, 5) is -1.21. The van der Waals surface area contributed by atoms with E-state index in [0.717, 1.165) is 20.7 Å². The predicted molar refractivity (Wildman–Crippen MR) is 133 cm³/mol. The Hall–Kier alpha value is -1.32. The van der Waals surface area contributed by atoms with Crippen LogP contribution >= 0.6 is 0 Å². The number of anilines is 2. The van der Waals surface area contributed by atoms with Crippen LogP contribution in [0.1, 0.15) is 12.6 Å². The topological polar surface area (TPSA) is 208 Å². The van der Waals surface area contributed by atoms with Gasteiger partial charge in [0.15, 0.2) is 0 Å². The number of nitrogens with one attached hydrogen (secondary N) is 2. The van der Waals surface area contributed by atoms with Gasteiger partial charge in [-0.05, 0) is 48.2 Å². The van der Waals surface area contributed by atoms with E-state index in [9.17, 15) is 42.8 Å². The predicted octanol–water partition coefficient (Wildman–Crippen LogP) is -2.48. The summed E-state index contributed by atoms with van der Waals surface area (Å²) in [5, 5.41) is 0. The van der Waals surface area contributed by atoms with Gasteiger partial charge in [0.05, 0.1) is 21.2 Å².